The van der Waals surface area contributed by atoms with Crippen LogP contribution in [0.3, 0.4) is 0 Å². The molecule has 0 aliphatic heterocycles. The Hall–Kier alpha value is -1.52. The van der Waals surface area contributed by atoms with Crippen molar-refractivity contribution >= 4 is 11.6 Å². The van der Waals surface area contributed by atoms with Crippen LogP contribution in [0.1, 0.15) is 11.6 Å². The van der Waals surface area contributed by atoms with Gasteiger partial charge in [0.1, 0.15) is 5.75 Å². The molecule has 16 heavy (non-hydrogen) atoms. The van der Waals surface area contributed by atoms with Crippen molar-refractivity contribution < 1.29 is 5.11 Å². The molecule has 4 nitrogen and oxygen atoms in total. The van der Waals surface area contributed by atoms with Crippen LogP contribution in [0.2, 0.25) is 5.28 Å². The molecule has 0 fully saturated rings. The summed E-state index contributed by atoms with van der Waals surface area (Å²) < 4.78 is 1.78. The Balaban J connectivity index is 2.11. The molecule has 0 aliphatic rings. The number of phenolic OH excluding ortho intramolecular Hbond substituents is 1. The van der Waals surface area contributed by atoms with Gasteiger partial charge >= 0.3 is 0 Å². The zero-order chi connectivity index (χ0) is 11.5. The number of imidazole rings is 1. The Labute approximate surface area is 98.3 Å². The van der Waals surface area contributed by atoms with E-state index in [4.69, 9.17) is 22.4 Å². The molecule has 0 aliphatic carbocycles. The number of hydrogen-bond acceptors (Lipinski definition) is 3. The number of nitrogens with two attached hydrogens (primary N) is 1. The molecular formula is C11H12ClN3O. The number of nitrogens with zero attached hydrogens (tertiary/aromatic N) is 2. The molecule has 0 bridgehead atoms. The van der Waals surface area contributed by atoms with E-state index in [1.54, 1.807) is 41.2 Å². The number of hydrogen-bond donors (Lipinski definition) is 2. The molecule has 1 aromatic heterocycles. The van der Waals surface area contributed by atoms with Crippen molar-refractivity contribution in [2.24, 2.45) is 5.73 Å². The summed E-state index contributed by atoms with van der Waals surface area (Å²) in [5, 5.41) is 9.59. The molecule has 3 N–H and O–H groups in total. The SMILES string of the molecule is NC(Cn1ccnc1Cl)c1ccc(O)cc1. The molecule has 0 amide bonds. The van der Waals surface area contributed by atoms with Crippen molar-refractivity contribution in [3.8, 4) is 5.75 Å². The second kappa shape index (κ2) is 4.55. The normalized spacial score (nSPS) is 12.6. The van der Waals surface area contributed by atoms with E-state index < -0.39 is 0 Å². The van der Waals surface area contributed by atoms with Crippen LogP contribution in [-0.4, -0.2) is 14.7 Å². The van der Waals surface area contributed by atoms with Gasteiger partial charge in [-0.3, -0.25) is 0 Å². The van der Waals surface area contributed by atoms with E-state index in [0.29, 0.717) is 11.8 Å². The standard InChI is InChI=1S/C11H12ClN3O/c12-11-14-5-6-15(11)7-10(13)8-1-3-9(16)4-2-8/h1-6,10,16H,7,13H2. The lowest BCUT2D eigenvalue weighted by Crippen LogP contribution is -2.17. The minimum atomic E-state index is -0.174. The van der Waals surface area contributed by atoms with Gasteiger partial charge in [0.2, 0.25) is 5.28 Å². The summed E-state index contributed by atoms with van der Waals surface area (Å²) in [6, 6.07) is 6.65. The van der Waals surface area contributed by atoms with Crippen molar-refractivity contribution in [2.75, 3.05) is 0 Å². The Bertz CT molecular complexity index is 466. The van der Waals surface area contributed by atoms with E-state index in [9.17, 15) is 0 Å². The number of rotatable bonds is 3. The lowest BCUT2D eigenvalue weighted by atomic mass is 10.1. The minimum absolute atomic E-state index is 0.174. The molecule has 0 spiro atoms. The molecule has 0 saturated heterocycles. The molecule has 5 heteroatoms. The van der Waals surface area contributed by atoms with Crippen LogP contribution in [0.15, 0.2) is 36.7 Å². The first-order valence-electron chi connectivity index (χ1n) is 4.88. The van der Waals surface area contributed by atoms with Crippen LogP contribution in [-0.2, 0) is 6.54 Å². The van der Waals surface area contributed by atoms with Crippen molar-refractivity contribution in [3.63, 3.8) is 0 Å². The molecule has 1 unspecified atom stereocenters. The number of aromatic hydroxyl groups is 1. The molecule has 0 radical (unpaired) electrons. The highest BCUT2D eigenvalue weighted by atomic mass is 35.5. The van der Waals surface area contributed by atoms with E-state index >= 15 is 0 Å². The van der Waals surface area contributed by atoms with E-state index in [-0.39, 0.29) is 11.8 Å². The van der Waals surface area contributed by atoms with Crippen LogP contribution in [0.5, 0.6) is 5.75 Å². The number of benzene rings is 1. The Morgan fingerprint density at radius 3 is 2.62 bits per heavy atom. The maximum Gasteiger partial charge on any atom is 0.202 e. The van der Waals surface area contributed by atoms with Gasteiger partial charge in [-0.2, -0.15) is 0 Å². The van der Waals surface area contributed by atoms with Crippen molar-refractivity contribution in [2.45, 2.75) is 12.6 Å². The third kappa shape index (κ3) is 2.35. The van der Waals surface area contributed by atoms with Gasteiger partial charge in [0.25, 0.3) is 0 Å². The van der Waals surface area contributed by atoms with E-state index in [2.05, 4.69) is 4.98 Å². The predicted molar refractivity (Wildman–Crippen MR) is 62.3 cm³/mol. The third-order valence-electron chi connectivity index (χ3n) is 2.38. The second-order valence-corrected chi connectivity index (χ2v) is 3.88. The highest BCUT2D eigenvalue weighted by Gasteiger charge is 2.08. The van der Waals surface area contributed by atoms with Gasteiger partial charge in [0, 0.05) is 25.0 Å². The summed E-state index contributed by atoms with van der Waals surface area (Å²) in [4.78, 5) is 3.91. The molecule has 1 heterocycles. The topological polar surface area (TPSA) is 64.1 Å². The van der Waals surface area contributed by atoms with E-state index in [1.165, 1.54) is 0 Å². The summed E-state index contributed by atoms with van der Waals surface area (Å²) in [6.45, 7) is 0.559. The lowest BCUT2D eigenvalue weighted by molar-refractivity contribution is 0.474. The Kier molecular flexibility index (Phi) is 3.12. The zero-order valence-corrected chi connectivity index (χ0v) is 9.30. The average molecular weight is 238 g/mol. The van der Waals surface area contributed by atoms with Gasteiger partial charge in [0.05, 0.1) is 0 Å². The summed E-state index contributed by atoms with van der Waals surface area (Å²) >= 11 is 5.85. The first kappa shape index (κ1) is 11.0. The van der Waals surface area contributed by atoms with Gasteiger partial charge in [0.15, 0.2) is 0 Å². The second-order valence-electron chi connectivity index (χ2n) is 3.55. The summed E-state index contributed by atoms with van der Waals surface area (Å²) in [5.74, 6) is 0.233. The maximum absolute atomic E-state index is 9.16. The highest BCUT2D eigenvalue weighted by Crippen LogP contribution is 2.17. The van der Waals surface area contributed by atoms with Crippen LogP contribution in [0.4, 0.5) is 0 Å². The monoisotopic (exact) mass is 237 g/mol. The van der Waals surface area contributed by atoms with Crippen LogP contribution in [0.25, 0.3) is 0 Å². The highest BCUT2D eigenvalue weighted by molar-refractivity contribution is 6.28. The van der Waals surface area contributed by atoms with E-state index in [1.807, 2.05) is 0 Å². The largest absolute Gasteiger partial charge is 0.508 e. The molecule has 2 rings (SSSR count). The molecule has 0 saturated carbocycles. The predicted octanol–water partition coefficient (Wildman–Crippen LogP) is 1.94. The minimum Gasteiger partial charge on any atom is -0.508 e. The smallest absolute Gasteiger partial charge is 0.202 e. The molecule has 1 atom stereocenters. The van der Waals surface area contributed by atoms with Gasteiger partial charge in [-0.1, -0.05) is 12.1 Å². The summed E-state index contributed by atoms with van der Waals surface area (Å²) in [5.41, 5.74) is 6.96. The van der Waals surface area contributed by atoms with E-state index in [0.717, 1.165) is 5.56 Å². The molecule has 84 valence electrons. The zero-order valence-electron chi connectivity index (χ0n) is 8.55. The van der Waals surface area contributed by atoms with Crippen molar-refractivity contribution in [1.29, 1.82) is 0 Å². The summed E-state index contributed by atoms with van der Waals surface area (Å²) in [7, 11) is 0. The van der Waals surface area contributed by atoms with Crippen molar-refractivity contribution in [3.05, 3.63) is 47.5 Å². The maximum atomic E-state index is 9.16. The quantitative estimate of drug-likeness (QED) is 0.858. The van der Waals surface area contributed by atoms with Crippen LogP contribution in [0, 0.1) is 0 Å². The first-order chi connectivity index (χ1) is 7.66. The van der Waals surface area contributed by atoms with Crippen LogP contribution < -0.4 is 5.73 Å². The Morgan fingerprint density at radius 1 is 1.38 bits per heavy atom. The number of aromatic nitrogens is 2. The average Bonchev–Trinajstić information content (AvgIpc) is 2.65. The van der Waals surface area contributed by atoms with Gasteiger partial charge in [-0.05, 0) is 29.3 Å². The fraction of sp³-hybridized carbons (Fsp3) is 0.182. The lowest BCUT2D eigenvalue weighted by Gasteiger charge is -2.13. The third-order valence-corrected chi connectivity index (χ3v) is 2.69. The molecule has 1 aromatic carbocycles. The van der Waals surface area contributed by atoms with Gasteiger partial charge in [-0.15, -0.1) is 0 Å². The first-order valence-corrected chi connectivity index (χ1v) is 5.26. The van der Waals surface area contributed by atoms with Crippen LogP contribution >= 0.6 is 11.6 Å². The Morgan fingerprint density at radius 2 is 2.06 bits per heavy atom. The number of phenols is 1. The van der Waals surface area contributed by atoms with Crippen molar-refractivity contribution in [1.82, 2.24) is 9.55 Å². The molecular weight excluding hydrogens is 226 g/mol. The number of halogens is 1. The fourth-order valence-electron chi connectivity index (χ4n) is 1.49. The summed E-state index contributed by atoms with van der Waals surface area (Å²) in [6.07, 6.45) is 3.41. The fourth-order valence-corrected chi connectivity index (χ4v) is 1.67. The van der Waals surface area contributed by atoms with Gasteiger partial charge < -0.3 is 15.4 Å². The van der Waals surface area contributed by atoms with Gasteiger partial charge in [-0.25, -0.2) is 4.98 Å². The molecule has 2 aromatic rings.